The second-order valence-corrected chi connectivity index (χ2v) is 12.9. The Bertz CT molecular complexity index is 1230. The summed E-state index contributed by atoms with van der Waals surface area (Å²) in [7, 11) is 0. The first-order chi connectivity index (χ1) is 18.5. The van der Waals surface area contributed by atoms with Gasteiger partial charge in [0.25, 0.3) is 0 Å². The van der Waals surface area contributed by atoms with Crippen LogP contribution in [0.2, 0.25) is 0 Å². The maximum absolute atomic E-state index is 13.4. The monoisotopic (exact) mass is 613 g/mol. The highest BCUT2D eigenvalue weighted by atomic mass is 79.9. The summed E-state index contributed by atoms with van der Waals surface area (Å²) in [6.45, 7) is 4.78. The molecule has 1 amide bonds. The third kappa shape index (κ3) is 7.68. The van der Waals surface area contributed by atoms with E-state index in [1.807, 2.05) is 0 Å². The van der Waals surface area contributed by atoms with Crippen molar-refractivity contribution in [2.75, 3.05) is 13.1 Å². The van der Waals surface area contributed by atoms with Crippen molar-refractivity contribution in [1.29, 1.82) is 0 Å². The maximum atomic E-state index is 13.4. The van der Waals surface area contributed by atoms with Gasteiger partial charge in [0.1, 0.15) is 0 Å². The Morgan fingerprint density at radius 3 is 2.46 bits per heavy atom. The fourth-order valence-electron chi connectivity index (χ4n) is 6.85. The Morgan fingerprint density at radius 1 is 1.00 bits per heavy atom. The largest absolute Gasteiger partial charge is 0.356 e. The number of aryl methyl sites for hydroxylation is 1. The molecular formula is C33H45BrClN3O. The number of amides is 1. The van der Waals surface area contributed by atoms with Gasteiger partial charge in [0.15, 0.2) is 0 Å². The molecule has 2 aliphatic rings. The Hall–Kier alpha value is -1.82. The summed E-state index contributed by atoms with van der Waals surface area (Å²) in [5, 5.41) is 4.57. The minimum absolute atomic E-state index is 0. The fraction of sp³-hybridized carbons (Fsp3) is 0.545. The van der Waals surface area contributed by atoms with Crippen molar-refractivity contribution >= 4 is 45.1 Å². The van der Waals surface area contributed by atoms with Crippen LogP contribution in [0.1, 0.15) is 86.8 Å². The molecule has 39 heavy (non-hydrogen) atoms. The van der Waals surface area contributed by atoms with Gasteiger partial charge in [-0.3, -0.25) is 4.79 Å². The van der Waals surface area contributed by atoms with E-state index >= 15 is 0 Å². The molecule has 0 spiro atoms. The van der Waals surface area contributed by atoms with Crippen molar-refractivity contribution in [1.82, 2.24) is 9.88 Å². The van der Waals surface area contributed by atoms with E-state index in [2.05, 4.69) is 81.4 Å². The third-order valence-corrected chi connectivity index (χ3v) is 9.64. The van der Waals surface area contributed by atoms with Gasteiger partial charge in [-0.15, -0.1) is 12.4 Å². The zero-order chi connectivity index (χ0) is 26.5. The van der Waals surface area contributed by atoms with Crippen LogP contribution < -0.4 is 11.1 Å². The summed E-state index contributed by atoms with van der Waals surface area (Å²) < 4.78 is 3.56. The molecule has 1 atom stereocenters. The summed E-state index contributed by atoms with van der Waals surface area (Å²) in [4.78, 5) is 13.4. The van der Waals surface area contributed by atoms with Crippen LogP contribution in [0.4, 0.5) is 0 Å². The lowest BCUT2D eigenvalue weighted by atomic mass is 9.82. The highest BCUT2D eigenvalue weighted by Gasteiger charge is 2.26. The smallest absolute Gasteiger partial charge is 0.220 e. The number of hydrogen-bond acceptors (Lipinski definition) is 2. The van der Waals surface area contributed by atoms with E-state index in [9.17, 15) is 4.79 Å². The average Bonchev–Trinajstić information content (AvgIpc) is 3.28. The Labute approximate surface area is 249 Å². The van der Waals surface area contributed by atoms with E-state index in [-0.39, 0.29) is 24.2 Å². The molecule has 5 rings (SSSR count). The van der Waals surface area contributed by atoms with E-state index in [0.717, 1.165) is 30.0 Å². The molecular weight excluding hydrogens is 570 g/mol. The van der Waals surface area contributed by atoms with Crippen molar-refractivity contribution in [3.63, 3.8) is 0 Å². The number of rotatable bonds is 9. The SMILES string of the molecule is Cc1cccc(C(CC(=O)NCC2CCC(CN)CC2)c2cn(CC3CCCCC3)c3ccc(Br)cc23)c1.Cl. The zero-order valence-corrected chi connectivity index (χ0v) is 25.7. The topological polar surface area (TPSA) is 60.1 Å². The van der Waals surface area contributed by atoms with Gasteiger partial charge in [0, 0.05) is 47.0 Å². The van der Waals surface area contributed by atoms with Crippen molar-refractivity contribution in [3.8, 4) is 0 Å². The summed E-state index contributed by atoms with van der Waals surface area (Å²) in [6, 6.07) is 15.4. The van der Waals surface area contributed by atoms with E-state index in [4.69, 9.17) is 5.73 Å². The third-order valence-electron chi connectivity index (χ3n) is 9.15. The first-order valence-corrected chi connectivity index (χ1v) is 15.6. The van der Waals surface area contributed by atoms with Crippen LogP contribution in [-0.2, 0) is 11.3 Å². The summed E-state index contributed by atoms with van der Waals surface area (Å²) in [6.07, 6.45) is 14.3. The molecule has 2 aliphatic carbocycles. The lowest BCUT2D eigenvalue weighted by Gasteiger charge is -2.28. The molecule has 1 unspecified atom stereocenters. The predicted molar refractivity (Wildman–Crippen MR) is 169 cm³/mol. The zero-order valence-electron chi connectivity index (χ0n) is 23.3. The van der Waals surface area contributed by atoms with E-state index in [0.29, 0.717) is 18.3 Å². The fourth-order valence-corrected chi connectivity index (χ4v) is 7.22. The van der Waals surface area contributed by atoms with Crippen LogP contribution >= 0.6 is 28.3 Å². The van der Waals surface area contributed by atoms with Crippen molar-refractivity contribution in [2.45, 2.75) is 83.6 Å². The number of halogens is 2. The molecule has 3 N–H and O–H groups in total. The van der Waals surface area contributed by atoms with Crippen molar-refractivity contribution in [2.24, 2.45) is 23.5 Å². The Balaban J connectivity index is 0.00000353. The van der Waals surface area contributed by atoms with E-state index in [1.165, 1.54) is 85.4 Å². The van der Waals surface area contributed by atoms with Gasteiger partial charge >= 0.3 is 0 Å². The number of carbonyl (C=O) groups excluding carboxylic acids is 1. The Kier molecular flexibility index (Phi) is 11.0. The first-order valence-electron chi connectivity index (χ1n) is 14.8. The summed E-state index contributed by atoms with van der Waals surface area (Å²) in [5.74, 6) is 2.16. The predicted octanol–water partition coefficient (Wildman–Crippen LogP) is 8.12. The van der Waals surface area contributed by atoms with E-state index in [1.54, 1.807) is 0 Å². The van der Waals surface area contributed by atoms with Crippen LogP contribution in [0.25, 0.3) is 10.9 Å². The van der Waals surface area contributed by atoms with E-state index < -0.39 is 0 Å². The number of nitrogens with two attached hydrogens (primary N) is 1. The Morgan fingerprint density at radius 2 is 1.74 bits per heavy atom. The number of hydrogen-bond donors (Lipinski definition) is 2. The molecule has 4 nitrogen and oxygen atoms in total. The molecule has 3 aromatic rings. The lowest BCUT2D eigenvalue weighted by molar-refractivity contribution is -0.121. The number of carbonyl (C=O) groups is 1. The van der Waals surface area contributed by atoms with Gasteiger partial charge in [-0.05, 0) is 99.1 Å². The molecule has 2 saturated carbocycles. The van der Waals surface area contributed by atoms with Gasteiger partial charge in [-0.2, -0.15) is 0 Å². The van der Waals surface area contributed by atoms with Crippen molar-refractivity contribution < 1.29 is 4.79 Å². The van der Waals surface area contributed by atoms with Crippen molar-refractivity contribution in [3.05, 3.63) is 69.8 Å². The lowest BCUT2D eigenvalue weighted by Crippen LogP contribution is -2.33. The number of fused-ring (bicyclic) bond motifs is 1. The highest BCUT2D eigenvalue weighted by molar-refractivity contribution is 9.10. The number of benzene rings is 2. The van der Waals surface area contributed by atoms with Gasteiger partial charge in [0.2, 0.25) is 5.91 Å². The molecule has 0 aliphatic heterocycles. The molecule has 0 radical (unpaired) electrons. The highest BCUT2D eigenvalue weighted by Crippen LogP contribution is 2.38. The van der Waals surface area contributed by atoms with Crippen LogP contribution in [0.15, 0.2) is 53.1 Å². The van der Waals surface area contributed by atoms with Crippen LogP contribution in [0.5, 0.6) is 0 Å². The van der Waals surface area contributed by atoms with Crippen LogP contribution in [0.3, 0.4) is 0 Å². The second-order valence-electron chi connectivity index (χ2n) is 12.0. The number of aromatic nitrogens is 1. The van der Waals surface area contributed by atoms with Gasteiger partial charge in [-0.25, -0.2) is 0 Å². The van der Waals surface area contributed by atoms with Gasteiger partial charge < -0.3 is 15.6 Å². The quantitative estimate of drug-likeness (QED) is 0.256. The number of nitrogens with one attached hydrogen (secondary N) is 1. The molecule has 2 aromatic carbocycles. The normalized spacial score (nSPS) is 20.9. The molecule has 0 bridgehead atoms. The second kappa shape index (κ2) is 14.2. The molecule has 1 aromatic heterocycles. The summed E-state index contributed by atoms with van der Waals surface area (Å²) in [5.41, 5.74) is 10.9. The van der Waals surface area contributed by atoms with Crippen LogP contribution in [-0.4, -0.2) is 23.6 Å². The molecule has 0 saturated heterocycles. The molecule has 6 heteroatoms. The minimum Gasteiger partial charge on any atom is -0.356 e. The average molecular weight is 615 g/mol. The first kappa shape index (κ1) is 30.1. The molecule has 2 fully saturated rings. The maximum Gasteiger partial charge on any atom is 0.220 e. The summed E-state index contributed by atoms with van der Waals surface area (Å²) >= 11 is 3.72. The standard InChI is InChI=1S/C33H44BrN3O.ClH/c1-23-6-5-9-27(16-23)29(18-33(38)36-20-25-12-10-24(19-35)11-13-25)31-22-37(21-26-7-3-2-4-8-26)32-15-14-28(34)17-30(31)32;/h5-6,9,14-17,22,24-26,29H,2-4,7-8,10-13,18-21,35H2,1H3,(H,36,38);1H. The molecule has 1 heterocycles. The van der Waals surface area contributed by atoms with Gasteiger partial charge in [0.05, 0.1) is 0 Å². The van der Waals surface area contributed by atoms with Gasteiger partial charge in [-0.1, -0.05) is 65.0 Å². The van der Waals surface area contributed by atoms with Crippen LogP contribution in [0, 0.1) is 24.7 Å². The minimum atomic E-state index is 0. The molecule has 212 valence electrons. The number of nitrogens with zero attached hydrogens (tertiary/aromatic N) is 1.